The molecule has 33 heavy (non-hydrogen) atoms. The number of thiazole rings is 1. The summed E-state index contributed by atoms with van der Waals surface area (Å²) in [5, 5.41) is 2.58. The van der Waals surface area contributed by atoms with Crippen LogP contribution in [-0.4, -0.2) is 24.8 Å². The minimum Gasteiger partial charge on any atom is -0.335 e. The van der Waals surface area contributed by atoms with Gasteiger partial charge in [-0.15, -0.1) is 0 Å². The van der Waals surface area contributed by atoms with Crippen molar-refractivity contribution in [3.05, 3.63) is 56.5 Å². The fourth-order valence-electron chi connectivity index (χ4n) is 3.71. The zero-order valence-corrected chi connectivity index (χ0v) is 22.3. The molecule has 2 aromatic carbocycles. The smallest absolute Gasteiger partial charge is 0.267 e. The summed E-state index contributed by atoms with van der Waals surface area (Å²) < 4.78 is 36.0. The van der Waals surface area contributed by atoms with Crippen molar-refractivity contribution in [2.45, 2.75) is 49.8 Å². The van der Waals surface area contributed by atoms with Crippen molar-refractivity contribution in [2.24, 2.45) is 0 Å². The molecule has 1 unspecified atom stereocenters. The Morgan fingerprint density at radius 3 is 2.64 bits per heavy atom. The molecule has 1 aromatic heterocycles. The van der Waals surface area contributed by atoms with E-state index in [0.717, 1.165) is 50.2 Å². The standard InChI is InChI=1S/C23H24Cl2N2O3S3/c1-3-4-10-26-18-12-16(24)5-7-20(18)31-22(26)14-23-27(11-9-15(2)33(28,29)30)19-13-17(25)6-8-21(19)32-23/h5-8,12-15H,3-4,9-11H2,1-2H3/p+1. The molecule has 0 saturated heterocycles. The highest BCUT2D eigenvalue weighted by Crippen LogP contribution is 2.48. The molecule has 0 bridgehead atoms. The summed E-state index contributed by atoms with van der Waals surface area (Å²) in [6.45, 7) is 5.03. The Hall–Kier alpha value is -1.29. The van der Waals surface area contributed by atoms with Gasteiger partial charge in [-0.05, 0) is 43.7 Å². The first kappa shape index (κ1) is 24.8. The monoisotopic (exact) mass is 543 g/mol. The Morgan fingerprint density at radius 2 is 1.91 bits per heavy atom. The number of unbranched alkanes of at least 4 members (excludes halogenated alkanes) is 1. The average Bonchev–Trinajstić information content (AvgIpc) is 3.26. The predicted molar refractivity (Wildman–Crippen MR) is 140 cm³/mol. The van der Waals surface area contributed by atoms with E-state index >= 15 is 0 Å². The quantitative estimate of drug-likeness (QED) is 0.248. The molecule has 2 heterocycles. The molecule has 4 rings (SSSR count). The van der Waals surface area contributed by atoms with E-state index in [-0.39, 0.29) is 0 Å². The summed E-state index contributed by atoms with van der Waals surface area (Å²) in [6, 6.07) is 11.7. The molecule has 5 nitrogen and oxygen atoms in total. The first-order valence-electron chi connectivity index (χ1n) is 10.7. The first-order valence-corrected chi connectivity index (χ1v) is 14.6. The number of anilines is 1. The second-order valence-electron chi connectivity index (χ2n) is 8.02. The summed E-state index contributed by atoms with van der Waals surface area (Å²) in [7, 11) is -4.09. The number of nitrogens with zero attached hydrogens (tertiary/aromatic N) is 2. The van der Waals surface area contributed by atoms with E-state index in [0.29, 0.717) is 23.0 Å². The zero-order chi connectivity index (χ0) is 23.8. The van der Waals surface area contributed by atoms with Crippen LogP contribution in [0.3, 0.4) is 0 Å². The number of fused-ring (bicyclic) bond motifs is 2. The Morgan fingerprint density at radius 1 is 1.18 bits per heavy atom. The van der Waals surface area contributed by atoms with Gasteiger partial charge >= 0.3 is 0 Å². The van der Waals surface area contributed by atoms with Crippen molar-refractivity contribution in [2.75, 3.05) is 11.4 Å². The van der Waals surface area contributed by atoms with Gasteiger partial charge in [-0.2, -0.15) is 13.0 Å². The van der Waals surface area contributed by atoms with Crippen LogP contribution < -0.4 is 9.47 Å². The number of hydrogen-bond acceptors (Lipinski definition) is 5. The number of hydrogen-bond donors (Lipinski definition) is 1. The second-order valence-corrected chi connectivity index (χ2v) is 12.9. The van der Waals surface area contributed by atoms with Crippen LogP contribution in [-0.2, 0) is 16.7 Å². The van der Waals surface area contributed by atoms with Crippen LogP contribution in [0.5, 0.6) is 0 Å². The normalized spacial score (nSPS) is 16.0. The number of thioether (sulfide) groups is 1. The highest BCUT2D eigenvalue weighted by Gasteiger charge is 2.29. The summed E-state index contributed by atoms with van der Waals surface area (Å²) in [6.07, 6.45) is 4.59. The van der Waals surface area contributed by atoms with E-state index in [9.17, 15) is 13.0 Å². The van der Waals surface area contributed by atoms with Crippen LogP contribution in [0.2, 0.25) is 10.0 Å². The fourth-order valence-corrected chi connectivity index (χ4v) is 6.73. The van der Waals surface area contributed by atoms with Crippen molar-refractivity contribution in [3.63, 3.8) is 0 Å². The third-order valence-electron chi connectivity index (χ3n) is 5.63. The van der Waals surface area contributed by atoms with Crippen LogP contribution in [0.25, 0.3) is 16.3 Å². The molecule has 0 saturated carbocycles. The van der Waals surface area contributed by atoms with E-state index in [1.807, 2.05) is 30.3 Å². The van der Waals surface area contributed by atoms with E-state index in [1.165, 1.54) is 6.92 Å². The van der Waals surface area contributed by atoms with Crippen molar-refractivity contribution >= 4 is 78.4 Å². The van der Waals surface area contributed by atoms with Gasteiger partial charge in [0, 0.05) is 34.0 Å². The van der Waals surface area contributed by atoms with Crippen molar-refractivity contribution < 1.29 is 17.5 Å². The van der Waals surface area contributed by atoms with Crippen LogP contribution in [0.15, 0.2) is 46.3 Å². The van der Waals surface area contributed by atoms with Crippen molar-refractivity contribution in [1.29, 1.82) is 0 Å². The Labute approximate surface area is 212 Å². The Kier molecular flexibility index (Phi) is 7.63. The third-order valence-corrected chi connectivity index (χ3v) is 9.58. The van der Waals surface area contributed by atoms with Gasteiger partial charge in [-0.3, -0.25) is 4.55 Å². The molecular weight excluding hydrogens is 519 g/mol. The predicted octanol–water partition coefficient (Wildman–Crippen LogP) is 6.87. The van der Waals surface area contributed by atoms with Crippen LogP contribution in [0, 0.1) is 0 Å². The van der Waals surface area contributed by atoms with E-state index < -0.39 is 15.4 Å². The number of halogens is 2. The molecule has 0 radical (unpaired) electrons. The Bertz CT molecular complexity index is 1320. The summed E-state index contributed by atoms with van der Waals surface area (Å²) >= 11 is 15.9. The number of aromatic nitrogens is 1. The molecule has 1 aliphatic heterocycles. The van der Waals surface area contributed by atoms with Gasteiger partial charge in [0.25, 0.3) is 15.1 Å². The van der Waals surface area contributed by atoms with Gasteiger partial charge in [0.15, 0.2) is 6.54 Å². The molecule has 0 amide bonds. The largest absolute Gasteiger partial charge is 0.335 e. The minimum absolute atomic E-state index is 0.292. The molecule has 1 N–H and O–H groups in total. The van der Waals surface area contributed by atoms with Crippen molar-refractivity contribution in [1.82, 2.24) is 0 Å². The highest BCUT2D eigenvalue weighted by molar-refractivity contribution is 8.03. The van der Waals surface area contributed by atoms with Gasteiger partial charge in [0.05, 0.1) is 22.0 Å². The van der Waals surface area contributed by atoms with Gasteiger partial charge in [0.2, 0.25) is 5.52 Å². The molecule has 1 atom stereocenters. The number of aryl methyl sites for hydroxylation is 1. The summed E-state index contributed by atoms with van der Waals surface area (Å²) in [5.74, 6) is 0. The van der Waals surface area contributed by atoms with Gasteiger partial charge < -0.3 is 4.90 Å². The lowest BCUT2D eigenvalue weighted by Crippen LogP contribution is -2.35. The average molecular weight is 545 g/mol. The minimum atomic E-state index is -4.09. The summed E-state index contributed by atoms with van der Waals surface area (Å²) in [5.41, 5.74) is 2.06. The summed E-state index contributed by atoms with van der Waals surface area (Å²) in [4.78, 5) is 3.16. The molecule has 0 spiro atoms. The molecule has 10 heteroatoms. The van der Waals surface area contributed by atoms with E-state index in [1.54, 1.807) is 23.1 Å². The maximum absolute atomic E-state index is 11.6. The number of benzene rings is 2. The first-order chi connectivity index (χ1) is 15.7. The molecular formula is C23H25Cl2N2O3S3+. The zero-order valence-electron chi connectivity index (χ0n) is 18.3. The molecule has 0 fully saturated rings. The van der Waals surface area contributed by atoms with Crippen LogP contribution in [0.4, 0.5) is 5.69 Å². The fraction of sp³-hybridized carbons (Fsp3) is 0.348. The van der Waals surface area contributed by atoms with Crippen LogP contribution in [0.1, 0.15) is 38.1 Å². The lowest BCUT2D eigenvalue weighted by Gasteiger charge is -2.21. The molecule has 0 aliphatic carbocycles. The SMILES string of the molecule is CCCC[n+]1c(C=C2Sc3ccc(Cl)cc3N2CCC(C)S(=O)(=O)O)sc2ccc(Cl)cc21. The topological polar surface area (TPSA) is 61.5 Å². The van der Waals surface area contributed by atoms with Gasteiger partial charge in [0.1, 0.15) is 4.70 Å². The van der Waals surface area contributed by atoms with E-state index in [4.69, 9.17) is 23.2 Å². The number of rotatable bonds is 8. The van der Waals surface area contributed by atoms with Crippen LogP contribution >= 0.6 is 46.3 Å². The van der Waals surface area contributed by atoms with Crippen molar-refractivity contribution in [3.8, 4) is 0 Å². The lowest BCUT2D eigenvalue weighted by atomic mass is 10.2. The van der Waals surface area contributed by atoms with E-state index in [2.05, 4.69) is 28.5 Å². The Balaban J connectivity index is 1.76. The lowest BCUT2D eigenvalue weighted by molar-refractivity contribution is -0.669. The maximum Gasteiger partial charge on any atom is 0.267 e. The third kappa shape index (κ3) is 5.52. The molecule has 1 aliphatic rings. The second kappa shape index (κ2) is 10.1. The maximum atomic E-state index is 11.6. The molecule has 3 aromatic rings. The molecule has 176 valence electrons. The van der Waals surface area contributed by atoms with Gasteiger partial charge in [-0.25, -0.2) is 0 Å². The highest BCUT2D eigenvalue weighted by atomic mass is 35.5. The van der Waals surface area contributed by atoms with Gasteiger partial charge in [-0.1, -0.05) is 59.6 Å².